The Labute approximate surface area is 171 Å². The zero-order valence-corrected chi connectivity index (χ0v) is 16.1. The van der Waals surface area contributed by atoms with Crippen LogP contribution in [0.4, 0.5) is 32.3 Å². The lowest BCUT2D eigenvalue weighted by atomic mass is 10.1. The van der Waals surface area contributed by atoms with Crippen molar-refractivity contribution in [3.8, 4) is 0 Å². The molecule has 3 aromatic rings. The summed E-state index contributed by atoms with van der Waals surface area (Å²) in [7, 11) is 0. The summed E-state index contributed by atoms with van der Waals surface area (Å²) in [4.78, 5) is 27.1. The molecule has 0 spiro atoms. The molecular formula is C20H16Cl2N4O2. The third kappa shape index (κ3) is 4.03. The van der Waals surface area contributed by atoms with Crippen molar-refractivity contribution in [2.75, 3.05) is 9.80 Å². The van der Waals surface area contributed by atoms with Gasteiger partial charge in [-0.15, -0.1) is 0 Å². The van der Waals surface area contributed by atoms with Crippen LogP contribution in [0.2, 0.25) is 10.0 Å². The molecule has 0 radical (unpaired) electrons. The van der Waals surface area contributed by atoms with Crippen molar-refractivity contribution in [1.29, 1.82) is 0 Å². The van der Waals surface area contributed by atoms with Gasteiger partial charge >= 0.3 is 12.1 Å². The number of carbonyl (C=O) groups excluding carboxylic acids is 2. The van der Waals surface area contributed by atoms with Gasteiger partial charge in [0.1, 0.15) is 0 Å². The molecule has 8 heteroatoms. The number of nitrogens with two attached hydrogens (primary N) is 2. The Balaban J connectivity index is 2.20. The van der Waals surface area contributed by atoms with Crippen LogP contribution in [0.15, 0.2) is 72.8 Å². The van der Waals surface area contributed by atoms with Crippen LogP contribution in [-0.4, -0.2) is 12.1 Å². The maximum atomic E-state index is 12.3. The van der Waals surface area contributed by atoms with E-state index in [4.69, 9.17) is 34.7 Å². The highest BCUT2D eigenvalue weighted by Gasteiger charge is 2.24. The molecule has 0 fully saturated rings. The summed E-state index contributed by atoms with van der Waals surface area (Å²) in [5.41, 5.74) is 12.9. The highest BCUT2D eigenvalue weighted by molar-refractivity contribution is 6.31. The normalized spacial score (nSPS) is 10.4. The Morgan fingerprint density at radius 3 is 1.36 bits per heavy atom. The number of hydrogen-bond acceptors (Lipinski definition) is 2. The van der Waals surface area contributed by atoms with E-state index in [1.54, 1.807) is 72.8 Å². The molecular weight excluding hydrogens is 399 g/mol. The van der Waals surface area contributed by atoms with Crippen molar-refractivity contribution in [2.24, 2.45) is 11.5 Å². The van der Waals surface area contributed by atoms with Crippen molar-refractivity contribution < 1.29 is 9.59 Å². The SMILES string of the molecule is NC(=O)N(c1cccc(Cl)c1)c1ccccc1N(C(N)=O)c1cccc(Cl)c1. The van der Waals surface area contributed by atoms with E-state index in [9.17, 15) is 9.59 Å². The summed E-state index contributed by atoms with van der Waals surface area (Å²) in [5, 5.41) is 0.866. The summed E-state index contributed by atoms with van der Waals surface area (Å²) in [5.74, 6) is 0. The minimum atomic E-state index is -0.745. The van der Waals surface area contributed by atoms with Crippen LogP contribution < -0.4 is 21.3 Å². The molecule has 0 atom stereocenters. The fourth-order valence-electron chi connectivity index (χ4n) is 2.84. The quantitative estimate of drug-likeness (QED) is 0.595. The van der Waals surface area contributed by atoms with Gasteiger partial charge in [-0.2, -0.15) is 0 Å². The van der Waals surface area contributed by atoms with Gasteiger partial charge in [0.2, 0.25) is 0 Å². The molecule has 0 heterocycles. The van der Waals surface area contributed by atoms with Gasteiger partial charge in [-0.3, -0.25) is 9.80 Å². The Hall–Kier alpha value is -3.22. The molecule has 3 rings (SSSR count). The lowest BCUT2D eigenvalue weighted by Gasteiger charge is -2.28. The standard InChI is InChI=1S/C20H16Cl2N4O2/c21-13-5-3-7-15(11-13)25(19(23)27)17-9-1-2-10-18(17)26(20(24)28)16-8-4-6-14(22)12-16/h1-12H,(H2,23,27)(H2,24,28). The van der Waals surface area contributed by atoms with Gasteiger partial charge in [0, 0.05) is 10.0 Å². The molecule has 4 amide bonds. The number of urea groups is 2. The fourth-order valence-corrected chi connectivity index (χ4v) is 3.21. The maximum absolute atomic E-state index is 12.3. The number of primary amides is 2. The molecule has 6 nitrogen and oxygen atoms in total. The first-order chi connectivity index (χ1) is 13.4. The summed E-state index contributed by atoms with van der Waals surface area (Å²) in [6, 6.07) is 18.6. The van der Waals surface area contributed by atoms with Gasteiger partial charge in [0.15, 0.2) is 0 Å². The van der Waals surface area contributed by atoms with Gasteiger partial charge in [-0.05, 0) is 48.5 Å². The van der Waals surface area contributed by atoms with Crippen molar-refractivity contribution in [3.05, 3.63) is 82.8 Å². The molecule has 0 bridgehead atoms. The number of nitrogens with zero attached hydrogens (tertiary/aromatic N) is 2. The van der Waals surface area contributed by atoms with Crippen LogP contribution >= 0.6 is 23.2 Å². The molecule has 0 aliphatic carbocycles. The third-order valence-electron chi connectivity index (χ3n) is 3.94. The van der Waals surface area contributed by atoms with Crippen LogP contribution in [0, 0.1) is 0 Å². The number of anilines is 4. The van der Waals surface area contributed by atoms with Crippen molar-refractivity contribution in [3.63, 3.8) is 0 Å². The zero-order chi connectivity index (χ0) is 20.3. The van der Waals surface area contributed by atoms with Gasteiger partial charge in [0.25, 0.3) is 0 Å². The number of rotatable bonds is 4. The molecule has 142 valence electrons. The molecule has 4 N–H and O–H groups in total. The average Bonchev–Trinajstić information content (AvgIpc) is 2.63. The second-order valence-electron chi connectivity index (χ2n) is 5.80. The number of para-hydroxylation sites is 2. The summed E-state index contributed by atoms with van der Waals surface area (Å²) >= 11 is 12.1. The molecule has 0 unspecified atom stereocenters. The number of amides is 4. The lowest BCUT2D eigenvalue weighted by molar-refractivity contribution is 0.254. The first kappa shape index (κ1) is 19.5. The number of halogens is 2. The Morgan fingerprint density at radius 1 is 0.643 bits per heavy atom. The second kappa shape index (κ2) is 8.21. The number of benzene rings is 3. The first-order valence-electron chi connectivity index (χ1n) is 8.18. The van der Waals surface area contributed by atoms with Gasteiger partial charge in [-0.25, -0.2) is 9.59 Å². The van der Waals surface area contributed by atoms with Crippen LogP contribution in [0.25, 0.3) is 0 Å². The highest BCUT2D eigenvalue weighted by atomic mass is 35.5. The molecule has 28 heavy (non-hydrogen) atoms. The molecule has 0 aliphatic rings. The lowest BCUT2D eigenvalue weighted by Crippen LogP contribution is -2.36. The van der Waals surface area contributed by atoms with E-state index in [1.807, 2.05) is 0 Å². The summed E-state index contributed by atoms with van der Waals surface area (Å²) < 4.78 is 0. The van der Waals surface area contributed by atoms with Gasteiger partial charge in [0.05, 0.1) is 22.7 Å². The minimum Gasteiger partial charge on any atom is -0.351 e. The number of carbonyl (C=O) groups is 2. The third-order valence-corrected chi connectivity index (χ3v) is 4.41. The van der Waals surface area contributed by atoms with Crippen molar-refractivity contribution in [2.45, 2.75) is 0 Å². The zero-order valence-electron chi connectivity index (χ0n) is 14.5. The smallest absolute Gasteiger partial charge is 0.323 e. The predicted molar refractivity (Wildman–Crippen MR) is 113 cm³/mol. The first-order valence-corrected chi connectivity index (χ1v) is 8.93. The van der Waals surface area contributed by atoms with E-state index in [2.05, 4.69) is 0 Å². The molecule has 0 aromatic heterocycles. The monoisotopic (exact) mass is 414 g/mol. The molecule has 3 aromatic carbocycles. The molecule has 0 aliphatic heterocycles. The van der Waals surface area contributed by atoms with E-state index in [1.165, 1.54) is 9.80 Å². The Kier molecular flexibility index (Phi) is 5.73. The topological polar surface area (TPSA) is 92.7 Å². The highest BCUT2D eigenvalue weighted by Crippen LogP contribution is 2.38. The minimum absolute atomic E-state index is 0.357. The fraction of sp³-hybridized carbons (Fsp3) is 0. The van der Waals surface area contributed by atoms with E-state index >= 15 is 0 Å². The Morgan fingerprint density at radius 2 is 1.04 bits per heavy atom. The van der Waals surface area contributed by atoms with Crippen molar-refractivity contribution >= 4 is 58.0 Å². The van der Waals surface area contributed by atoms with Crippen LogP contribution in [0.1, 0.15) is 0 Å². The van der Waals surface area contributed by atoms with E-state index in [0.29, 0.717) is 32.8 Å². The Bertz CT molecular complexity index is 959. The van der Waals surface area contributed by atoms with E-state index in [0.717, 1.165) is 0 Å². The maximum Gasteiger partial charge on any atom is 0.323 e. The average molecular weight is 415 g/mol. The largest absolute Gasteiger partial charge is 0.351 e. The summed E-state index contributed by atoms with van der Waals surface area (Å²) in [6.45, 7) is 0. The van der Waals surface area contributed by atoms with Gasteiger partial charge < -0.3 is 11.5 Å². The van der Waals surface area contributed by atoms with E-state index < -0.39 is 12.1 Å². The van der Waals surface area contributed by atoms with E-state index in [-0.39, 0.29) is 0 Å². The predicted octanol–water partition coefficient (Wildman–Crippen LogP) is 5.43. The second-order valence-corrected chi connectivity index (χ2v) is 6.67. The molecule has 0 saturated heterocycles. The van der Waals surface area contributed by atoms with Gasteiger partial charge in [-0.1, -0.05) is 47.5 Å². The number of hydrogen-bond donors (Lipinski definition) is 2. The van der Waals surface area contributed by atoms with Crippen LogP contribution in [-0.2, 0) is 0 Å². The van der Waals surface area contributed by atoms with Crippen molar-refractivity contribution in [1.82, 2.24) is 0 Å². The molecule has 0 saturated carbocycles. The van der Waals surface area contributed by atoms with Crippen LogP contribution in [0.3, 0.4) is 0 Å². The summed E-state index contributed by atoms with van der Waals surface area (Å²) in [6.07, 6.45) is 0. The van der Waals surface area contributed by atoms with Crippen LogP contribution in [0.5, 0.6) is 0 Å².